The fourth-order valence-corrected chi connectivity index (χ4v) is 3.82. The number of nitrogens with one attached hydrogen (secondary N) is 1. The van der Waals surface area contributed by atoms with Crippen LogP contribution in [0.25, 0.3) is 21.9 Å². The van der Waals surface area contributed by atoms with Gasteiger partial charge in [0.05, 0.1) is 30.3 Å². The van der Waals surface area contributed by atoms with Crippen LogP contribution in [0, 0.1) is 13.8 Å². The molecule has 1 amide bonds. The topological polar surface area (TPSA) is 113 Å². The maximum atomic E-state index is 12.6. The zero-order valence-corrected chi connectivity index (χ0v) is 18.1. The second kappa shape index (κ2) is 8.51. The summed E-state index contributed by atoms with van der Waals surface area (Å²) in [7, 11) is 0. The average Bonchev–Trinajstić information content (AvgIpc) is 3.10. The molecular formula is C24H19ClNO6-. The van der Waals surface area contributed by atoms with E-state index in [4.69, 9.17) is 20.4 Å². The Morgan fingerprint density at radius 2 is 1.81 bits per heavy atom. The van der Waals surface area contributed by atoms with Crippen molar-refractivity contribution in [3.05, 3.63) is 80.4 Å². The van der Waals surface area contributed by atoms with Crippen LogP contribution in [0.1, 0.15) is 22.3 Å². The van der Waals surface area contributed by atoms with Gasteiger partial charge in [0.25, 0.3) is 0 Å². The van der Waals surface area contributed by atoms with Gasteiger partial charge in [-0.1, -0.05) is 23.7 Å². The predicted octanol–water partition coefficient (Wildman–Crippen LogP) is 2.83. The van der Waals surface area contributed by atoms with Crippen molar-refractivity contribution in [3.63, 3.8) is 0 Å². The first kappa shape index (κ1) is 21.6. The summed E-state index contributed by atoms with van der Waals surface area (Å²) in [5.41, 5.74) is 2.66. The first-order valence-corrected chi connectivity index (χ1v) is 10.3. The van der Waals surface area contributed by atoms with Gasteiger partial charge in [-0.2, -0.15) is 0 Å². The van der Waals surface area contributed by atoms with Gasteiger partial charge >= 0.3 is 5.63 Å². The molecule has 1 N–H and O–H groups in total. The summed E-state index contributed by atoms with van der Waals surface area (Å²) in [4.78, 5) is 36.7. The Balaban J connectivity index is 1.59. The number of furan rings is 1. The van der Waals surface area contributed by atoms with Crippen LogP contribution in [-0.4, -0.2) is 17.9 Å². The van der Waals surface area contributed by atoms with Crippen molar-refractivity contribution in [2.75, 3.05) is 0 Å². The summed E-state index contributed by atoms with van der Waals surface area (Å²) in [5.74, 6) is -2.04. The highest BCUT2D eigenvalue weighted by molar-refractivity contribution is 6.30. The number of aliphatic carboxylic acids is 1. The van der Waals surface area contributed by atoms with Crippen LogP contribution >= 0.6 is 11.6 Å². The summed E-state index contributed by atoms with van der Waals surface area (Å²) in [6.07, 6.45) is 1.32. The van der Waals surface area contributed by atoms with Crippen LogP contribution in [0.5, 0.6) is 0 Å². The smallest absolute Gasteiger partial charge is 0.340 e. The number of halogens is 1. The van der Waals surface area contributed by atoms with Crippen molar-refractivity contribution in [1.82, 2.24) is 5.32 Å². The third-order valence-corrected chi connectivity index (χ3v) is 5.74. The molecule has 164 valence electrons. The Labute approximate surface area is 187 Å². The number of amides is 1. The van der Waals surface area contributed by atoms with Gasteiger partial charge in [-0.25, -0.2) is 4.79 Å². The third kappa shape index (κ3) is 4.24. The fraction of sp³-hybridized carbons (Fsp3) is 0.208. The van der Waals surface area contributed by atoms with Gasteiger partial charge < -0.3 is 24.1 Å². The molecule has 0 aliphatic carbocycles. The lowest BCUT2D eigenvalue weighted by molar-refractivity contribution is -0.308. The molecule has 2 aromatic carbocycles. The maximum Gasteiger partial charge on any atom is 0.340 e. The molecular weight excluding hydrogens is 434 g/mol. The molecule has 0 saturated heterocycles. The Morgan fingerprint density at radius 1 is 1.09 bits per heavy atom. The quantitative estimate of drug-likeness (QED) is 0.450. The minimum atomic E-state index is -1.42. The molecule has 0 unspecified atom stereocenters. The molecule has 0 saturated carbocycles. The monoisotopic (exact) mass is 452 g/mol. The number of carbonyl (C=O) groups excluding carboxylic acids is 2. The van der Waals surface area contributed by atoms with Crippen molar-refractivity contribution >= 4 is 45.4 Å². The number of carboxylic acids is 1. The van der Waals surface area contributed by atoms with Crippen LogP contribution < -0.4 is 16.0 Å². The number of benzene rings is 2. The maximum absolute atomic E-state index is 12.6. The molecule has 4 aromatic rings. The second-order valence-electron chi connectivity index (χ2n) is 7.70. The molecule has 2 aromatic heterocycles. The van der Waals surface area contributed by atoms with E-state index in [0.717, 1.165) is 10.9 Å². The van der Waals surface area contributed by atoms with E-state index in [1.165, 1.54) is 0 Å². The van der Waals surface area contributed by atoms with Crippen LogP contribution in [0.2, 0.25) is 5.02 Å². The zero-order valence-electron chi connectivity index (χ0n) is 17.4. The van der Waals surface area contributed by atoms with Crippen LogP contribution in [0.4, 0.5) is 0 Å². The number of carboxylic acid groups (broad SMARTS) is 1. The van der Waals surface area contributed by atoms with Crippen molar-refractivity contribution in [3.8, 4) is 0 Å². The van der Waals surface area contributed by atoms with E-state index in [1.54, 1.807) is 43.5 Å². The molecule has 0 radical (unpaired) electrons. The molecule has 0 bridgehead atoms. The lowest BCUT2D eigenvalue weighted by Crippen LogP contribution is -2.49. The lowest BCUT2D eigenvalue weighted by atomic mass is 10.0. The molecule has 0 aliphatic heterocycles. The summed E-state index contributed by atoms with van der Waals surface area (Å²) in [5, 5.41) is 16.1. The summed E-state index contributed by atoms with van der Waals surface area (Å²) >= 11 is 5.85. The van der Waals surface area contributed by atoms with Crippen LogP contribution in [0.15, 0.2) is 56.3 Å². The van der Waals surface area contributed by atoms with E-state index < -0.39 is 23.5 Å². The normalized spacial score (nSPS) is 12.2. The van der Waals surface area contributed by atoms with Gasteiger partial charge in [0, 0.05) is 21.9 Å². The number of hydrogen-bond donors (Lipinski definition) is 1. The molecule has 32 heavy (non-hydrogen) atoms. The van der Waals surface area contributed by atoms with Crippen molar-refractivity contribution < 1.29 is 23.5 Å². The lowest BCUT2D eigenvalue weighted by Gasteiger charge is -2.20. The van der Waals surface area contributed by atoms with Crippen molar-refractivity contribution in [2.45, 2.75) is 32.7 Å². The average molecular weight is 453 g/mol. The molecule has 0 aliphatic rings. The largest absolute Gasteiger partial charge is 0.548 e. The molecule has 0 spiro atoms. The van der Waals surface area contributed by atoms with Crippen molar-refractivity contribution in [1.29, 1.82) is 0 Å². The highest BCUT2D eigenvalue weighted by atomic mass is 35.5. The van der Waals surface area contributed by atoms with E-state index >= 15 is 0 Å². The summed E-state index contributed by atoms with van der Waals surface area (Å²) in [6.45, 7) is 3.63. The first-order chi connectivity index (χ1) is 15.2. The standard InChI is InChI=1S/C24H20ClNO6/c1-12-11-31-20-10-21-17(8-16(12)20)13(2)18(24(30)32-21)9-22(27)26-19(23(28)29)7-14-3-5-15(25)6-4-14/h3-6,8,10-11,19H,7,9H2,1-2H3,(H,26,27)(H,28,29)/p-1/t19-/m0/s1. The molecule has 1 atom stereocenters. The fourth-order valence-electron chi connectivity index (χ4n) is 3.70. The van der Waals surface area contributed by atoms with Crippen molar-refractivity contribution in [2.24, 2.45) is 0 Å². The number of hydrogen-bond acceptors (Lipinski definition) is 6. The van der Waals surface area contributed by atoms with Gasteiger partial charge in [-0.05, 0) is 55.2 Å². The second-order valence-corrected chi connectivity index (χ2v) is 8.14. The minimum Gasteiger partial charge on any atom is -0.548 e. The molecule has 7 nitrogen and oxygen atoms in total. The van der Waals surface area contributed by atoms with Gasteiger partial charge in [-0.15, -0.1) is 0 Å². The molecule has 2 heterocycles. The van der Waals surface area contributed by atoms with Gasteiger partial charge in [-0.3, -0.25) is 4.79 Å². The number of carbonyl (C=O) groups is 2. The molecule has 8 heteroatoms. The first-order valence-electron chi connectivity index (χ1n) is 9.91. The number of rotatable bonds is 6. The Morgan fingerprint density at radius 3 is 2.50 bits per heavy atom. The SMILES string of the molecule is Cc1coc2cc3oc(=O)c(CC(=O)N[C@@H](Cc4ccc(Cl)cc4)C(=O)[O-])c(C)c3cc12. The number of aryl methyl sites for hydroxylation is 2. The Kier molecular flexibility index (Phi) is 5.76. The van der Waals surface area contributed by atoms with E-state index in [0.29, 0.717) is 32.7 Å². The highest BCUT2D eigenvalue weighted by Crippen LogP contribution is 2.28. The predicted molar refractivity (Wildman–Crippen MR) is 118 cm³/mol. The highest BCUT2D eigenvalue weighted by Gasteiger charge is 2.19. The molecule has 0 fully saturated rings. The zero-order chi connectivity index (χ0) is 23.0. The summed E-state index contributed by atoms with van der Waals surface area (Å²) < 4.78 is 10.9. The minimum absolute atomic E-state index is 0.0221. The van der Waals surface area contributed by atoms with E-state index in [9.17, 15) is 19.5 Å². The van der Waals surface area contributed by atoms with Gasteiger partial charge in [0.2, 0.25) is 5.91 Å². The van der Waals surface area contributed by atoms with E-state index in [2.05, 4.69) is 5.32 Å². The summed E-state index contributed by atoms with van der Waals surface area (Å²) in [6, 6.07) is 8.85. The third-order valence-electron chi connectivity index (χ3n) is 5.49. The number of fused-ring (bicyclic) bond motifs is 2. The molecule has 4 rings (SSSR count). The van der Waals surface area contributed by atoms with Crippen LogP contribution in [0.3, 0.4) is 0 Å². The van der Waals surface area contributed by atoms with Gasteiger partial charge in [0.1, 0.15) is 11.2 Å². The Hall–Kier alpha value is -3.58. The van der Waals surface area contributed by atoms with Gasteiger partial charge in [0.15, 0.2) is 0 Å². The van der Waals surface area contributed by atoms with E-state index in [1.807, 2.05) is 13.0 Å². The van der Waals surface area contributed by atoms with E-state index in [-0.39, 0.29) is 18.4 Å². The van der Waals surface area contributed by atoms with Crippen LogP contribution in [-0.2, 0) is 22.4 Å². The Bertz CT molecular complexity index is 1400.